The molecule has 0 saturated carbocycles. The van der Waals surface area contributed by atoms with Crippen LogP contribution in [0.4, 0.5) is 5.69 Å². The van der Waals surface area contributed by atoms with Crippen LogP contribution in [0.1, 0.15) is 42.7 Å². The zero-order valence-electron chi connectivity index (χ0n) is 21.1. The second-order valence-corrected chi connectivity index (χ2v) is 10.0. The number of carboxylic acid groups (broad SMARTS) is 1. The predicted molar refractivity (Wildman–Crippen MR) is 148 cm³/mol. The molecule has 1 heterocycles. The molecule has 0 aliphatic rings. The maximum Gasteiger partial charge on any atom is 0.305 e. The van der Waals surface area contributed by atoms with Gasteiger partial charge in [-0.05, 0) is 61.7 Å². The predicted octanol–water partition coefficient (Wildman–Crippen LogP) is 6.47. The van der Waals surface area contributed by atoms with E-state index in [1.807, 2.05) is 37.3 Å². The van der Waals surface area contributed by atoms with Gasteiger partial charge in [0.15, 0.2) is 0 Å². The summed E-state index contributed by atoms with van der Waals surface area (Å²) in [5.41, 5.74) is 3.90. The molecule has 0 fully saturated rings. The molecule has 37 heavy (non-hydrogen) atoms. The normalized spacial score (nSPS) is 11.7. The fraction of sp³-hybridized carbons (Fsp3) is 0.321. The highest BCUT2D eigenvalue weighted by Crippen LogP contribution is 2.32. The van der Waals surface area contributed by atoms with Crippen molar-refractivity contribution in [2.75, 3.05) is 18.5 Å². The number of rotatable bonds is 12. The van der Waals surface area contributed by atoms with Crippen molar-refractivity contribution in [1.82, 2.24) is 10.3 Å². The van der Waals surface area contributed by atoms with Crippen LogP contribution in [0, 0.1) is 12.8 Å². The quantitative estimate of drug-likeness (QED) is 0.242. The highest BCUT2D eigenvalue weighted by molar-refractivity contribution is 6.36. The van der Waals surface area contributed by atoms with Gasteiger partial charge in [0.1, 0.15) is 6.61 Å². The Morgan fingerprint density at radius 3 is 2.35 bits per heavy atom. The van der Waals surface area contributed by atoms with Gasteiger partial charge in [-0.1, -0.05) is 43.1 Å². The highest BCUT2D eigenvalue weighted by Gasteiger charge is 2.15. The standard InChI is InChI=1S/C28H31Cl2N3O4/c1-17(2)14-22(33-21-7-4-19(5-8-21)28(36)31-13-12-27(34)35)16-37-26-11-10-23(18(3)32-26)24-9-6-20(29)15-25(24)30/h4-11,15,17,22,33H,12-14,16H2,1-3H3,(H,31,36)(H,34,35)/t22-/m0/s1. The van der Waals surface area contributed by atoms with Crippen molar-refractivity contribution in [2.45, 2.75) is 39.7 Å². The summed E-state index contributed by atoms with van der Waals surface area (Å²) in [5, 5.41) is 15.9. The Labute approximate surface area is 227 Å². The summed E-state index contributed by atoms with van der Waals surface area (Å²) in [7, 11) is 0. The van der Waals surface area contributed by atoms with Gasteiger partial charge in [-0.15, -0.1) is 0 Å². The minimum absolute atomic E-state index is 0.0164. The lowest BCUT2D eigenvalue weighted by molar-refractivity contribution is -0.136. The van der Waals surface area contributed by atoms with Gasteiger partial charge in [0.2, 0.25) is 5.88 Å². The summed E-state index contributed by atoms with van der Waals surface area (Å²) in [5.74, 6) is -0.301. The Morgan fingerprint density at radius 2 is 1.73 bits per heavy atom. The molecule has 0 bridgehead atoms. The number of aromatic nitrogens is 1. The number of carbonyl (C=O) groups excluding carboxylic acids is 1. The lowest BCUT2D eigenvalue weighted by Gasteiger charge is -2.22. The first kappa shape index (κ1) is 28.3. The maximum atomic E-state index is 12.2. The fourth-order valence-corrected chi connectivity index (χ4v) is 4.38. The van der Waals surface area contributed by atoms with Crippen LogP contribution in [-0.4, -0.2) is 41.2 Å². The average Bonchev–Trinajstić information content (AvgIpc) is 2.83. The molecule has 3 N–H and O–H groups in total. The average molecular weight is 544 g/mol. The third-order valence-electron chi connectivity index (χ3n) is 5.61. The number of aryl methyl sites for hydroxylation is 1. The molecule has 1 atom stereocenters. The molecular formula is C28H31Cl2N3O4. The number of hydrogen-bond donors (Lipinski definition) is 3. The van der Waals surface area contributed by atoms with E-state index in [1.54, 1.807) is 24.3 Å². The number of carbonyl (C=O) groups is 2. The lowest BCUT2D eigenvalue weighted by Crippen LogP contribution is -2.29. The number of hydrogen-bond acceptors (Lipinski definition) is 5. The maximum absolute atomic E-state index is 12.2. The molecule has 0 aliphatic carbocycles. The summed E-state index contributed by atoms with van der Waals surface area (Å²) in [6.07, 6.45) is 0.753. The number of benzene rings is 2. The van der Waals surface area contributed by atoms with Gasteiger partial charge in [-0.3, -0.25) is 9.59 Å². The van der Waals surface area contributed by atoms with E-state index in [9.17, 15) is 9.59 Å². The van der Waals surface area contributed by atoms with Gasteiger partial charge in [0, 0.05) is 50.7 Å². The number of carboxylic acids is 1. The minimum Gasteiger partial charge on any atom is -0.481 e. The number of anilines is 1. The van der Waals surface area contributed by atoms with E-state index in [-0.39, 0.29) is 24.9 Å². The summed E-state index contributed by atoms with van der Waals surface area (Å²) in [6, 6.07) is 16.2. The van der Waals surface area contributed by atoms with Gasteiger partial charge in [-0.25, -0.2) is 4.98 Å². The van der Waals surface area contributed by atoms with Crippen LogP contribution in [0.2, 0.25) is 10.0 Å². The summed E-state index contributed by atoms with van der Waals surface area (Å²) in [6.45, 7) is 6.70. The zero-order chi connectivity index (χ0) is 26.9. The first-order valence-electron chi connectivity index (χ1n) is 12.0. The lowest BCUT2D eigenvalue weighted by atomic mass is 10.0. The van der Waals surface area contributed by atoms with Crippen LogP contribution in [-0.2, 0) is 4.79 Å². The van der Waals surface area contributed by atoms with Gasteiger partial charge in [-0.2, -0.15) is 0 Å². The van der Waals surface area contributed by atoms with E-state index in [2.05, 4.69) is 29.5 Å². The van der Waals surface area contributed by atoms with Crippen molar-refractivity contribution in [3.8, 4) is 17.0 Å². The van der Waals surface area contributed by atoms with Gasteiger partial charge in [0.25, 0.3) is 5.91 Å². The van der Waals surface area contributed by atoms with Crippen LogP contribution in [0.3, 0.4) is 0 Å². The molecule has 3 rings (SSSR count). The molecule has 0 spiro atoms. The molecule has 1 amide bonds. The number of aliphatic carboxylic acids is 1. The van der Waals surface area contributed by atoms with E-state index in [1.165, 1.54) is 0 Å². The Balaban J connectivity index is 1.63. The van der Waals surface area contributed by atoms with Crippen molar-refractivity contribution in [3.05, 3.63) is 75.9 Å². The molecule has 0 unspecified atom stereocenters. The largest absolute Gasteiger partial charge is 0.481 e. The van der Waals surface area contributed by atoms with Crippen LogP contribution in [0.15, 0.2) is 54.6 Å². The van der Waals surface area contributed by atoms with Crippen LogP contribution >= 0.6 is 23.2 Å². The van der Waals surface area contributed by atoms with E-state index in [4.69, 9.17) is 33.0 Å². The smallest absolute Gasteiger partial charge is 0.305 e. The van der Waals surface area contributed by atoms with Crippen LogP contribution in [0.25, 0.3) is 11.1 Å². The Bertz CT molecular complexity index is 1230. The van der Waals surface area contributed by atoms with E-state index in [0.717, 1.165) is 28.9 Å². The highest BCUT2D eigenvalue weighted by atomic mass is 35.5. The molecule has 3 aromatic rings. The fourth-order valence-electron chi connectivity index (χ4n) is 3.87. The van der Waals surface area contributed by atoms with Gasteiger partial charge < -0.3 is 20.5 Å². The molecule has 0 aliphatic heterocycles. The summed E-state index contributed by atoms with van der Waals surface area (Å²) >= 11 is 12.4. The van der Waals surface area contributed by atoms with Crippen LogP contribution < -0.4 is 15.4 Å². The second kappa shape index (κ2) is 13.3. The van der Waals surface area contributed by atoms with Crippen LogP contribution in [0.5, 0.6) is 5.88 Å². The third kappa shape index (κ3) is 8.65. The Kier molecular flexibility index (Phi) is 10.2. The molecule has 0 radical (unpaired) electrons. The van der Waals surface area contributed by atoms with Crippen molar-refractivity contribution < 1.29 is 19.4 Å². The molecule has 7 nitrogen and oxygen atoms in total. The first-order chi connectivity index (χ1) is 17.6. The van der Waals surface area contributed by atoms with Crippen molar-refractivity contribution in [3.63, 3.8) is 0 Å². The Hall–Kier alpha value is -3.29. The molecule has 1 aromatic heterocycles. The second-order valence-electron chi connectivity index (χ2n) is 9.17. The van der Waals surface area contributed by atoms with Gasteiger partial charge in [0.05, 0.1) is 12.5 Å². The SMILES string of the molecule is Cc1nc(OC[C@H](CC(C)C)Nc2ccc(C(=O)NCCC(=O)O)cc2)ccc1-c1ccc(Cl)cc1Cl. The number of nitrogens with zero attached hydrogens (tertiary/aromatic N) is 1. The molecule has 2 aromatic carbocycles. The number of amides is 1. The Morgan fingerprint density at radius 1 is 1.03 bits per heavy atom. The van der Waals surface area contributed by atoms with E-state index < -0.39 is 5.97 Å². The minimum atomic E-state index is -0.953. The van der Waals surface area contributed by atoms with Crippen molar-refractivity contribution in [1.29, 1.82) is 0 Å². The first-order valence-corrected chi connectivity index (χ1v) is 12.8. The van der Waals surface area contributed by atoms with Crippen molar-refractivity contribution in [2.24, 2.45) is 5.92 Å². The molecule has 0 saturated heterocycles. The monoisotopic (exact) mass is 543 g/mol. The molecular weight excluding hydrogens is 513 g/mol. The van der Waals surface area contributed by atoms with E-state index in [0.29, 0.717) is 34.0 Å². The zero-order valence-corrected chi connectivity index (χ0v) is 22.6. The van der Waals surface area contributed by atoms with E-state index >= 15 is 0 Å². The van der Waals surface area contributed by atoms with Gasteiger partial charge >= 0.3 is 5.97 Å². The number of halogens is 2. The van der Waals surface area contributed by atoms with Crippen molar-refractivity contribution >= 4 is 40.8 Å². The number of pyridine rings is 1. The summed E-state index contributed by atoms with van der Waals surface area (Å²) in [4.78, 5) is 27.4. The number of nitrogens with one attached hydrogen (secondary N) is 2. The molecule has 196 valence electrons. The summed E-state index contributed by atoms with van der Waals surface area (Å²) < 4.78 is 6.05. The topological polar surface area (TPSA) is 101 Å². The molecule has 9 heteroatoms. The third-order valence-corrected chi connectivity index (χ3v) is 6.16. The number of ether oxygens (including phenoxy) is 1.